The lowest BCUT2D eigenvalue weighted by Crippen LogP contribution is -2.06. The second-order valence-electron chi connectivity index (χ2n) is 4.45. The Morgan fingerprint density at radius 3 is 2.35 bits per heavy atom. The molecule has 0 aliphatic carbocycles. The average Bonchev–Trinajstić information content (AvgIpc) is 2.46. The van der Waals surface area contributed by atoms with Crippen molar-refractivity contribution in [3.8, 4) is 5.75 Å². The van der Waals surface area contributed by atoms with Crippen LogP contribution in [0.5, 0.6) is 5.75 Å². The SMILES string of the molecule is CCCOc1ccc(C(=O)CCCC(=O)OCC)cc1. The maximum atomic E-state index is 11.9. The summed E-state index contributed by atoms with van der Waals surface area (Å²) in [5.74, 6) is 0.565. The minimum atomic E-state index is -0.247. The molecule has 1 aromatic rings. The number of ether oxygens (including phenoxy) is 2. The van der Waals surface area contributed by atoms with Crippen LogP contribution in [0.15, 0.2) is 24.3 Å². The zero-order valence-corrected chi connectivity index (χ0v) is 12.2. The maximum absolute atomic E-state index is 11.9. The summed E-state index contributed by atoms with van der Waals surface area (Å²) in [5.41, 5.74) is 0.651. The highest BCUT2D eigenvalue weighted by Crippen LogP contribution is 2.14. The first-order chi connectivity index (χ1) is 9.67. The van der Waals surface area contributed by atoms with Crippen LogP contribution in [0.3, 0.4) is 0 Å². The van der Waals surface area contributed by atoms with Crippen molar-refractivity contribution in [3.63, 3.8) is 0 Å². The van der Waals surface area contributed by atoms with Crippen molar-refractivity contribution in [1.29, 1.82) is 0 Å². The second kappa shape index (κ2) is 9.13. The number of hydrogen-bond acceptors (Lipinski definition) is 4. The molecular weight excluding hydrogens is 256 g/mol. The summed E-state index contributed by atoms with van der Waals surface area (Å²) < 4.78 is 10.3. The van der Waals surface area contributed by atoms with Crippen molar-refractivity contribution >= 4 is 11.8 Å². The van der Waals surface area contributed by atoms with E-state index in [0.29, 0.717) is 31.6 Å². The van der Waals surface area contributed by atoms with E-state index in [-0.39, 0.29) is 18.2 Å². The monoisotopic (exact) mass is 278 g/mol. The van der Waals surface area contributed by atoms with Gasteiger partial charge in [0.1, 0.15) is 5.75 Å². The highest BCUT2D eigenvalue weighted by Gasteiger charge is 2.08. The molecule has 0 unspecified atom stereocenters. The van der Waals surface area contributed by atoms with Crippen LogP contribution in [0.25, 0.3) is 0 Å². The quantitative estimate of drug-likeness (QED) is 0.513. The molecule has 0 spiro atoms. The Hall–Kier alpha value is -1.84. The van der Waals surface area contributed by atoms with Crippen molar-refractivity contribution in [1.82, 2.24) is 0 Å². The third-order valence-corrected chi connectivity index (χ3v) is 2.74. The molecule has 20 heavy (non-hydrogen) atoms. The highest BCUT2D eigenvalue weighted by molar-refractivity contribution is 5.96. The molecule has 4 nitrogen and oxygen atoms in total. The fourth-order valence-electron chi connectivity index (χ4n) is 1.73. The zero-order chi connectivity index (χ0) is 14.8. The van der Waals surface area contributed by atoms with Gasteiger partial charge in [0.05, 0.1) is 13.2 Å². The molecule has 0 N–H and O–H groups in total. The summed E-state index contributed by atoms with van der Waals surface area (Å²) in [5, 5.41) is 0. The molecule has 1 aromatic carbocycles. The average molecular weight is 278 g/mol. The first-order valence-corrected chi connectivity index (χ1v) is 7.09. The predicted octanol–water partition coefficient (Wildman–Crippen LogP) is 3.39. The maximum Gasteiger partial charge on any atom is 0.305 e. The number of carbonyl (C=O) groups is 2. The van der Waals surface area contributed by atoms with Crippen LogP contribution in [-0.4, -0.2) is 25.0 Å². The molecule has 0 saturated carbocycles. The van der Waals surface area contributed by atoms with Gasteiger partial charge >= 0.3 is 5.97 Å². The summed E-state index contributed by atoms with van der Waals surface area (Å²) in [6.07, 6.45) is 2.12. The summed E-state index contributed by atoms with van der Waals surface area (Å²) in [6, 6.07) is 7.12. The molecule has 0 fully saturated rings. The highest BCUT2D eigenvalue weighted by atomic mass is 16.5. The molecule has 0 aromatic heterocycles. The fraction of sp³-hybridized carbons (Fsp3) is 0.500. The van der Waals surface area contributed by atoms with Gasteiger partial charge in [-0.2, -0.15) is 0 Å². The first kappa shape index (κ1) is 16.2. The Balaban J connectivity index is 2.37. The predicted molar refractivity (Wildman–Crippen MR) is 77.0 cm³/mol. The van der Waals surface area contributed by atoms with Crippen LogP contribution < -0.4 is 4.74 Å². The smallest absolute Gasteiger partial charge is 0.305 e. The Morgan fingerprint density at radius 2 is 1.75 bits per heavy atom. The summed E-state index contributed by atoms with van der Waals surface area (Å²) in [6.45, 7) is 4.87. The van der Waals surface area contributed by atoms with Gasteiger partial charge in [0, 0.05) is 18.4 Å². The molecule has 0 amide bonds. The van der Waals surface area contributed by atoms with E-state index in [0.717, 1.165) is 12.2 Å². The van der Waals surface area contributed by atoms with Crippen LogP contribution in [0, 0.1) is 0 Å². The minimum absolute atomic E-state index is 0.0383. The standard InChI is InChI=1S/C16H22O4/c1-3-12-20-14-10-8-13(9-11-14)15(17)6-5-7-16(18)19-4-2/h8-11H,3-7,12H2,1-2H3. The summed E-state index contributed by atoms with van der Waals surface area (Å²) in [7, 11) is 0. The summed E-state index contributed by atoms with van der Waals surface area (Å²) >= 11 is 0. The van der Waals surface area contributed by atoms with Gasteiger partial charge in [-0.15, -0.1) is 0 Å². The van der Waals surface area contributed by atoms with E-state index in [1.165, 1.54) is 0 Å². The number of Topliss-reactive ketones (excluding diaryl/α,β-unsaturated/α-hetero) is 1. The topological polar surface area (TPSA) is 52.6 Å². The largest absolute Gasteiger partial charge is 0.494 e. The molecule has 0 aliphatic rings. The molecular formula is C16H22O4. The molecule has 0 atom stereocenters. The van der Waals surface area contributed by atoms with Crippen LogP contribution in [0.2, 0.25) is 0 Å². The molecule has 110 valence electrons. The lowest BCUT2D eigenvalue weighted by molar-refractivity contribution is -0.143. The van der Waals surface area contributed by atoms with Crippen LogP contribution in [0.1, 0.15) is 49.9 Å². The van der Waals surface area contributed by atoms with Crippen molar-refractivity contribution in [2.75, 3.05) is 13.2 Å². The summed E-state index contributed by atoms with van der Waals surface area (Å²) in [4.78, 5) is 23.1. The third-order valence-electron chi connectivity index (χ3n) is 2.74. The lowest BCUT2D eigenvalue weighted by Gasteiger charge is -2.05. The van der Waals surface area contributed by atoms with E-state index < -0.39 is 0 Å². The Labute approximate surface area is 120 Å². The van der Waals surface area contributed by atoms with Gasteiger partial charge in [0.15, 0.2) is 5.78 Å². The van der Waals surface area contributed by atoms with Crippen LogP contribution in [0.4, 0.5) is 0 Å². The van der Waals surface area contributed by atoms with Gasteiger partial charge < -0.3 is 9.47 Å². The Bertz CT molecular complexity index is 423. The van der Waals surface area contributed by atoms with E-state index in [9.17, 15) is 9.59 Å². The van der Waals surface area contributed by atoms with Crippen molar-refractivity contribution < 1.29 is 19.1 Å². The third kappa shape index (κ3) is 5.87. The molecule has 0 bridgehead atoms. The first-order valence-electron chi connectivity index (χ1n) is 7.09. The van der Waals surface area contributed by atoms with Gasteiger partial charge in [-0.05, 0) is 44.0 Å². The molecule has 0 saturated heterocycles. The van der Waals surface area contributed by atoms with Gasteiger partial charge in [0.2, 0.25) is 0 Å². The molecule has 1 rings (SSSR count). The number of esters is 1. The Morgan fingerprint density at radius 1 is 1.05 bits per heavy atom. The fourth-order valence-corrected chi connectivity index (χ4v) is 1.73. The van der Waals surface area contributed by atoms with Crippen molar-refractivity contribution in [2.24, 2.45) is 0 Å². The minimum Gasteiger partial charge on any atom is -0.494 e. The lowest BCUT2D eigenvalue weighted by atomic mass is 10.1. The molecule has 0 aliphatic heterocycles. The molecule has 0 radical (unpaired) electrons. The zero-order valence-electron chi connectivity index (χ0n) is 12.2. The van der Waals surface area contributed by atoms with Gasteiger partial charge in [-0.25, -0.2) is 0 Å². The van der Waals surface area contributed by atoms with Gasteiger partial charge in [0.25, 0.3) is 0 Å². The molecule has 0 heterocycles. The number of benzene rings is 1. The van der Waals surface area contributed by atoms with Crippen LogP contribution in [-0.2, 0) is 9.53 Å². The number of carbonyl (C=O) groups excluding carboxylic acids is 2. The number of ketones is 1. The van der Waals surface area contributed by atoms with Gasteiger partial charge in [-0.1, -0.05) is 6.92 Å². The van der Waals surface area contributed by atoms with E-state index >= 15 is 0 Å². The van der Waals surface area contributed by atoms with E-state index in [2.05, 4.69) is 0 Å². The normalized spacial score (nSPS) is 10.1. The van der Waals surface area contributed by atoms with Crippen molar-refractivity contribution in [2.45, 2.75) is 39.5 Å². The van der Waals surface area contributed by atoms with Gasteiger partial charge in [-0.3, -0.25) is 9.59 Å². The number of rotatable bonds is 9. The second-order valence-corrected chi connectivity index (χ2v) is 4.45. The van der Waals surface area contributed by atoms with Crippen LogP contribution >= 0.6 is 0 Å². The Kier molecular flexibility index (Phi) is 7.40. The molecule has 4 heteroatoms. The van der Waals surface area contributed by atoms with Crippen molar-refractivity contribution in [3.05, 3.63) is 29.8 Å². The van der Waals surface area contributed by atoms with E-state index in [4.69, 9.17) is 9.47 Å². The van der Waals surface area contributed by atoms with E-state index in [1.807, 2.05) is 6.92 Å². The van der Waals surface area contributed by atoms with E-state index in [1.54, 1.807) is 31.2 Å². The number of hydrogen-bond donors (Lipinski definition) is 0.